The average Bonchev–Trinajstić information content (AvgIpc) is 2.38. The normalized spacial score (nSPS) is 11.0. The fraction of sp³-hybridized carbons (Fsp3) is 0.429. The number of urea groups is 1. The second-order valence-electron chi connectivity index (χ2n) is 4.99. The number of carbonyl (C=O) groups is 2. The molecule has 0 aliphatic heterocycles. The first-order chi connectivity index (χ1) is 9.28. The minimum absolute atomic E-state index is 0.445. The van der Waals surface area contributed by atoms with Crippen molar-refractivity contribution in [1.29, 1.82) is 0 Å². The van der Waals surface area contributed by atoms with Crippen molar-refractivity contribution < 1.29 is 19.4 Å². The summed E-state index contributed by atoms with van der Waals surface area (Å²) in [4.78, 5) is 24.3. The number of nitrogens with one attached hydrogen (secondary N) is 1. The highest BCUT2D eigenvalue weighted by Gasteiger charge is 2.35. The van der Waals surface area contributed by atoms with Crippen molar-refractivity contribution in [2.75, 3.05) is 19.5 Å². The van der Waals surface area contributed by atoms with Gasteiger partial charge in [-0.3, -0.25) is 0 Å². The first kappa shape index (κ1) is 16.0. The zero-order chi connectivity index (χ0) is 15.3. The lowest BCUT2D eigenvalue weighted by Crippen LogP contribution is -2.52. The predicted octanol–water partition coefficient (Wildman–Crippen LogP) is 2.16. The average molecular weight is 280 g/mol. The highest BCUT2D eigenvalue weighted by atomic mass is 16.5. The van der Waals surface area contributed by atoms with Gasteiger partial charge in [0.25, 0.3) is 0 Å². The molecule has 0 radical (unpaired) electrons. The molecule has 20 heavy (non-hydrogen) atoms. The minimum atomic E-state index is -1.28. The van der Waals surface area contributed by atoms with Gasteiger partial charge in [0.05, 0.1) is 6.61 Å². The second-order valence-corrected chi connectivity index (χ2v) is 4.99. The summed E-state index contributed by atoms with van der Waals surface area (Å²) in [5.41, 5.74) is 0.233. The first-order valence-electron chi connectivity index (χ1n) is 6.15. The molecule has 1 rings (SSSR count). The molecule has 1 aromatic carbocycles. The van der Waals surface area contributed by atoms with E-state index in [9.17, 15) is 9.59 Å². The van der Waals surface area contributed by atoms with E-state index >= 15 is 0 Å². The molecule has 1 aromatic rings. The molecule has 0 spiro atoms. The van der Waals surface area contributed by atoms with Crippen LogP contribution in [0.5, 0.6) is 0 Å². The molecule has 0 saturated carbocycles. The maximum atomic E-state index is 12.1. The van der Waals surface area contributed by atoms with Gasteiger partial charge in [-0.15, -0.1) is 0 Å². The van der Waals surface area contributed by atoms with Gasteiger partial charge in [-0.1, -0.05) is 12.1 Å². The number of rotatable bonds is 5. The van der Waals surface area contributed by atoms with Gasteiger partial charge in [-0.05, 0) is 31.5 Å². The summed E-state index contributed by atoms with van der Waals surface area (Å²) in [6, 6.07) is 6.71. The molecule has 0 aliphatic rings. The highest BCUT2D eigenvalue weighted by Crippen LogP contribution is 2.16. The molecule has 0 aliphatic carbocycles. The van der Waals surface area contributed by atoms with E-state index in [-0.39, 0.29) is 0 Å². The van der Waals surface area contributed by atoms with Crippen molar-refractivity contribution in [1.82, 2.24) is 4.90 Å². The number of benzene rings is 1. The Bertz CT molecular complexity index is 500. The predicted molar refractivity (Wildman–Crippen MR) is 75.7 cm³/mol. The number of carbonyl (C=O) groups excluding carboxylic acids is 1. The summed E-state index contributed by atoms with van der Waals surface area (Å²) in [7, 11) is 3.04. The molecule has 2 N–H and O–H groups in total. The number of hydrogen-bond donors (Lipinski definition) is 2. The number of ether oxygens (including phenoxy) is 1. The van der Waals surface area contributed by atoms with Crippen LogP contribution in [0.1, 0.15) is 19.4 Å². The van der Waals surface area contributed by atoms with E-state index in [1.807, 2.05) is 6.07 Å². The van der Waals surface area contributed by atoms with E-state index in [0.717, 1.165) is 10.5 Å². The van der Waals surface area contributed by atoms with E-state index in [4.69, 9.17) is 9.84 Å². The van der Waals surface area contributed by atoms with Gasteiger partial charge >= 0.3 is 12.0 Å². The number of aliphatic carboxylic acids is 1. The SMILES string of the molecule is COCc1cccc(NC(=O)N(C)C(C)(C)C(=O)O)c1. The standard InChI is InChI=1S/C14H20N2O4/c1-14(2,12(17)18)16(3)13(19)15-11-7-5-6-10(8-11)9-20-4/h5-8H,9H2,1-4H3,(H,15,19)(H,17,18). The Hall–Kier alpha value is -2.08. The van der Waals surface area contributed by atoms with Crippen LogP contribution in [-0.2, 0) is 16.1 Å². The summed E-state index contributed by atoms with van der Waals surface area (Å²) in [5.74, 6) is -1.07. The number of anilines is 1. The van der Waals surface area contributed by atoms with E-state index in [0.29, 0.717) is 12.3 Å². The minimum Gasteiger partial charge on any atom is -0.480 e. The quantitative estimate of drug-likeness (QED) is 0.866. The van der Waals surface area contributed by atoms with Crippen molar-refractivity contribution >= 4 is 17.7 Å². The Balaban J connectivity index is 2.80. The van der Waals surface area contributed by atoms with E-state index in [1.54, 1.807) is 25.3 Å². The Morgan fingerprint density at radius 2 is 2.05 bits per heavy atom. The molecule has 2 amide bonds. The Kier molecular flexibility index (Phi) is 5.10. The number of hydrogen-bond acceptors (Lipinski definition) is 3. The van der Waals surface area contributed by atoms with E-state index in [1.165, 1.54) is 20.9 Å². The van der Waals surface area contributed by atoms with Crippen molar-refractivity contribution in [2.45, 2.75) is 26.0 Å². The van der Waals surface area contributed by atoms with Gasteiger partial charge in [-0.2, -0.15) is 0 Å². The maximum Gasteiger partial charge on any atom is 0.329 e. The molecular weight excluding hydrogens is 260 g/mol. The molecule has 110 valence electrons. The van der Waals surface area contributed by atoms with Gasteiger partial charge < -0.3 is 20.1 Å². The molecule has 6 nitrogen and oxygen atoms in total. The van der Waals surface area contributed by atoms with Crippen LogP contribution in [0.15, 0.2) is 24.3 Å². The van der Waals surface area contributed by atoms with Crippen molar-refractivity contribution in [2.24, 2.45) is 0 Å². The fourth-order valence-electron chi connectivity index (χ4n) is 1.51. The Morgan fingerprint density at radius 1 is 1.40 bits per heavy atom. The van der Waals surface area contributed by atoms with Crippen LogP contribution in [-0.4, -0.2) is 41.7 Å². The fourth-order valence-corrected chi connectivity index (χ4v) is 1.51. The van der Waals surface area contributed by atoms with Crippen LogP contribution in [0.3, 0.4) is 0 Å². The van der Waals surface area contributed by atoms with Crippen LogP contribution in [0, 0.1) is 0 Å². The molecule has 0 atom stereocenters. The maximum absolute atomic E-state index is 12.1. The first-order valence-corrected chi connectivity index (χ1v) is 6.15. The van der Waals surface area contributed by atoms with Gasteiger partial charge in [0.1, 0.15) is 5.54 Å². The van der Waals surface area contributed by atoms with Crippen LogP contribution < -0.4 is 5.32 Å². The number of likely N-dealkylation sites (N-methyl/N-ethyl adjacent to an activating group) is 1. The van der Waals surface area contributed by atoms with Crippen LogP contribution in [0.4, 0.5) is 10.5 Å². The Labute approximate surface area is 118 Å². The summed E-state index contributed by atoms with van der Waals surface area (Å²) >= 11 is 0. The monoisotopic (exact) mass is 280 g/mol. The molecule has 0 unspecified atom stereocenters. The number of carboxylic acids is 1. The van der Waals surface area contributed by atoms with Crippen LogP contribution >= 0.6 is 0 Å². The number of methoxy groups -OCH3 is 1. The Morgan fingerprint density at radius 3 is 2.60 bits per heavy atom. The van der Waals surface area contributed by atoms with Crippen LogP contribution in [0.2, 0.25) is 0 Å². The van der Waals surface area contributed by atoms with E-state index in [2.05, 4.69) is 5.32 Å². The zero-order valence-electron chi connectivity index (χ0n) is 12.1. The van der Waals surface area contributed by atoms with Crippen molar-refractivity contribution in [3.05, 3.63) is 29.8 Å². The lowest BCUT2D eigenvalue weighted by atomic mass is 10.1. The molecule has 0 heterocycles. The lowest BCUT2D eigenvalue weighted by Gasteiger charge is -2.31. The number of amides is 2. The summed E-state index contributed by atoms with van der Waals surface area (Å²) < 4.78 is 5.02. The smallest absolute Gasteiger partial charge is 0.329 e. The summed E-state index contributed by atoms with van der Waals surface area (Å²) in [6.45, 7) is 3.38. The highest BCUT2D eigenvalue weighted by molar-refractivity contribution is 5.93. The van der Waals surface area contributed by atoms with Crippen molar-refractivity contribution in [3.63, 3.8) is 0 Å². The van der Waals surface area contributed by atoms with Crippen LogP contribution in [0.25, 0.3) is 0 Å². The third-order valence-electron chi connectivity index (χ3n) is 3.16. The summed E-state index contributed by atoms with van der Waals surface area (Å²) in [6.07, 6.45) is 0. The molecule has 6 heteroatoms. The lowest BCUT2D eigenvalue weighted by molar-refractivity contribution is -0.146. The van der Waals surface area contributed by atoms with Gasteiger partial charge in [0, 0.05) is 19.8 Å². The van der Waals surface area contributed by atoms with Gasteiger partial charge in [-0.25, -0.2) is 9.59 Å². The molecular formula is C14H20N2O4. The summed E-state index contributed by atoms with van der Waals surface area (Å²) in [5, 5.41) is 11.8. The molecule has 0 bridgehead atoms. The molecule has 0 aromatic heterocycles. The largest absolute Gasteiger partial charge is 0.480 e. The van der Waals surface area contributed by atoms with E-state index < -0.39 is 17.5 Å². The third kappa shape index (κ3) is 3.71. The third-order valence-corrected chi connectivity index (χ3v) is 3.16. The number of carboxylic acid groups (broad SMARTS) is 1. The second kappa shape index (κ2) is 6.38. The zero-order valence-corrected chi connectivity index (χ0v) is 12.1. The van der Waals surface area contributed by atoms with Gasteiger partial charge in [0.2, 0.25) is 0 Å². The van der Waals surface area contributed by atoms with Crippen molar-refractivity contribution in [3.8, 4) is 0 Å². The van der Waals surface area contributed by atoms with Gasteiger partial charge in [0.15, 0.2) is 0 Å². The topological polar surface area (TPSA) is 78.9 Å². The molecule has 0 fully saturated rings. The molecule has 0 saturated heterocycles. The number of nitrogens with zero attached hydrogens (tertiary/aromatic N) is 1.